The van der Waals surface area contributed by atoms with E-state index in [1.165, 1.54) is 24.7 Å². The standard InChI is InChI=1S/C24H26N2O3S/c1-4-19-14-16-20(17-15-19)18(2)25-24(27)22-12-8-9-13-23(22)26(3)30(28,29)21-10-6-5-7-11-21/h5-18H,4H2,1-3H3,(H,25,27)/t18-/m0/s1. The molecule has 5 nitrogen and oxygen atoms in total. The Morgan fingerprint density at radius 1 is 0.933 bits per heavy atom. The van der Waals surface area contributed by atoms with Crippen molar-refractivity contribution in [1.29, 1.82) is 0 Å². The number of para-hydroxylation sites is 1. The van der Waals surface area contributed by atoms with E-state index in [1.807, 2.05) is 31.2 Å². The molecular formula is C24H26N2O3S. The van der Waals surface area contributed by atoms with Gasteiger partial charge in [0.2, 0.25) is 0 Å². The third-order valence-corrected chi connectivity index (χ3v) is 6.91. The van der Waals surface area contributed by atoms with E-state index >= 15 is 0 Å². The van der Waals surface area contributed by atoms with Gasteiger partial charge < -0.3 is 5.32 Å². The van der Waals surface area contributed by atoms with Gasteiger partial charge in [-0.1, -0.05) is 61.5 Å². The second-order valence-corrected chi connectivity index (χ2v) is 9.06. The number of nitrogens with zero attached hydrogens (tertiary/aromatic N) is 1. The first-order valence-electron chi connectivity index (χ1n) is 9.87. The van der Waals surface area contributed by atoms with E-state index < -0.39 is 10.0 Å². The molecular weight excluding hydrogens is 396 g/mol. The molecule has 0 saturated heterocycles. The fourth-order valence-electron chi connectivity index (χ4n) is 3.22. The average molecular weight is 423 g/mol. The zero-order chi connectivity index (χ0) is 21.7. The van der Waals surface area contributed by atoms with Crippen LogP contribution in [0.5, 0.6) is 0 Å². The molecule has 0 aromatic heterocycles. The molecule has 1 N–H and O–H groups in total. The molecule has 0 aliphatic heterocycles. The first kappa shape index (κ1) is 21.6. The summed E-state index contributed by atoms with van der Waals surface area (Å²) in [5.41, 5.74) is 2.85. The summed E-state index contributed by atoms with van der Waals surface area (Å²) in [6.07, 6.45) is 0.955. The number of aryl methyl sites for hydroxylation is 1. The Morgan fingerprint density at radius 2 is 1.53 bits per heavy atom. The molecule has 0 aliphatic carbocycles. The summed E-state index contributed by atoms with van der Waals surface area (Å²) in [6.45, 7) is 4.00. The van der Waals surface area contributed by atoms with Crippen LogP contribution >= 0.6 is 0 Å². The summed E-state index contributed by atoms with van der Waals surface area (Å²) < 4.78 is 27.2. The fraction of sp³-hybridized carbons (Fsp3) is 0.208. The molecule has 1 amide bonds. The van der Waals surface area contributed by atoms with Gasteiger partial charge in [0.15, 0.2) is 0 Å². The smallest absolute Gasteiger partial charge is 0.264 e. The Hall–Kier alpha value is -3.12. The van der Waals surface area contributed by atoms with E-state index in [4.69, 9.17) is 0 Å². The maximum Gasteiger partial charge on any atom is 0.264 e. The summed E-state index contributed by atoms with van der Waals surface area (Å²) in [6, 6.07) is 22.8. The third-order valence-electron chi connectivity index (χ3n) is 5.13. The Morgan fingerprint density at radius 3 is 2.17 bits per heavy atom. The van der Waals surface area contributed by atoms with Gasteiger partial charge in [-0.05, 0) is 48.7 Å². The number of anilines is 1. The van der Waals surface area contributed by atoms with Gasteiger partial charge in [-0.2, -0.15) is 0 Å². The molecule has 0 fully saturated rings. The topological polar surface area (TPSA) is 66.5 Å². The Labute approximate surface area is 178 Å². The fourth-order valence-corrected chi connectivity index (χ4v) is 4.46. The zero-order valence-corrected chi connectivity index (χ0v) is 18.2. The van der Waals surface area contributed by atoms with Gasteiger partial charge in [0.1, 0.15) is 0 Å². The minimum absolute atomic E-state index is 0.173. The molecule has 30 heavy (non-hydrogen) atoms. The van der Waals surface area contributed by atoms with Crippen LogP contribution in [0.25, 0.3) is 0 Å². The lowest BCUT2D eigenvalue weighted by Crippen LogP contribution is -2.31. The van der Waals surface area contributed by atoms with Crippen molar-refractivity contribution in [3.05, 3.63) is 95.6 Å². The van der Waals surface area contributed by atoms with Crippen molar-refractivity contribution in [2.75, 3.05) is 11.4 Å². The van der Waals surface area contributed by atoms with Crippen LogP contribution in [-0.2, 0) is 16.4 Å². The second kappa shape index (κ2) is 9.13. The van der Waals surface area contributed by atoms with E-state index in [9.17, 15) is 13.2 Å². The molecule has 1 atom stereocenters. The highest BCUT2D eigenvalue weighted by Crippen LogP contribution is 2.26. The third kappa shape index (κ3) is 4.54. The van der Waals surface area contributed by atoms with Gasteiger partial charge in [-0.3, -0.25) is 9.10 Å². The highest BCUT2D eigenvalue weighted by Gasteiger charge is 2.25. The first-order chi connectivity index (χ1) is 14.3. The minimum Gasteiger partial charge on any atom is -0.345 e. The highest BCUT2D eigenvalue weighted by molar-refractivity contribution is 7.92. The average Bonchev–Trinajstić information content (AvgIpc) is 2.79. The number of sulfonamides is 1. The number of carbonyl (C=O) groups excluding carboxylic acids is 1. The predicted octanol–water partition coefficient (Wildman–Crippen LogP) is 4.57. The molecule has 0 heterocycles. The van der Waals surface area contributed by atoms with Crippen molar-refractivity contribution in [3.8, 4) is 0 Å². The van der Waals surface area contributed by atoms with Crippen molar-refractivity contribution in [2.45, 2.75) is 31.2 Å². The van der Waals surface area contributed by atoms with Crippen molar-refractivity contribution < 1.29 is 13.2 Å². The van der Waals surface area contributed by atoms with Crippen molar-refractivity contribution in [3.63, 3.8) is 0 Å². The number of nitrogens with one attached hydrogen (secondary N) is 1. The van der Waals surface area contributed by atoms with Crippen LogP contribution in [0.3, 0.4) is 0 Å². The Kier molecular flexibility index (Phi) is 6.57. The lowest BCUT2D eigenvalue weighted by Gasteiger charge is -2.23. The van der Waals surface area contributed by atoms with Gasteiger partial charge in [-0.15, -0.1) is 0 Å². The molecule has 0 aliphatic rings. The predicted molar refractivity (Wildman–Crippen MR) is 120 cm³/mol. The van der Waals surface area contributed by atoms with E-state index in [-0.39, 0.29) is 16.8 Å². The number of carbonyl (C=O) groups is 1. The second-order valence-electron chi connectivity index (χ2n) is 7.09. The minimum atomic E-state index is -3.78. The van der Waals surface area contributed by atoms with Gasteiger partial charge in [0.05, 0.1) is 22.2 Å². The summed E-state index contributed by atoms with van der Waals surface area (Å²) in [5.74, 6) is -0.326. The lowest BCUT2D eigenvalue weighted by atomic mass is 10.0. The molecule has 0 spiro atoms. The van der Waals surface area contributed by atoms with Crippen molar-refractivity contribution in [2.24, 2.45) is 0 Å². The summed E-state index contributed by atoms with van der Waals surface area (Å²) in [7, 11) is -2.32. The maximum atomic E-state index is 13.0. The van der Waals surface area contributed by atoms with E-state index in [0.717, 1.165) is 16.3 Å². The molecule has 0 unspecified atom stereocenters. The summed E-state index contributed by atoms with van der Waals surface area (Å²) >= 11 is 0. The van der Waals surface area contributed by atoms with Crippen LogP contribution in [0.1, 0.15) is 41.4 Å². The summed E-state index contributed by atoms with van der Waals surface area (Å²) in [5, 5.41) is 2.98. The van der Waals surface area contributed by atoms with Gasteiger partial charge in [0.25, 0.3) is 15.9 Å². The lowest BCUT2D eigenvalue weighted by molar-refractivity contribution is 0.0940. The van der Waals surface area contributed by atoms with Gasteiger partial charge in [-0.25, -0.2) is 8.42 Å². The van der Waals surface area contributed by atoms with Crippen LogP contribution in [0.15, 0.2) is 83.8 Å². The molecule has 3 aromatic carbocycles. The number of benzene rings is 3. The Bertz CT molecular complexity index is 1110. The van der Waals surface area contributed by atoms with E-state index in [0.29, 0.717) is 11.3 Å². The van der Waals surface area contributed by atoms with Crippen LogP contribution in [-0.4, -0.2) is 21.4 Å². The molecule has 3 rings (SSSR count). The monoisotopic (exact) mass is 422 g/mol. The van der Waals surface area contributed by atoms with E-state index in [1.54, 1.807) is 42.5 Å². The zero-order valence-electron chi connectivity index (χ0n) is 17.4. The SMILES string of the molecule is CCc1ccc([C@H](C)NC(=O)c2ccccc2N(C)S(=O)(=O)c2ccccc2)cc1. The maximum absolute atomic E-state index is 13.0. The van der Waals surface area contributed by atoms with Gasteiger partial charge in [0, 0.05) is 7.05 Å². The molecule has 0 radical (unpaired) electrons. The van der Waals surface area contributed by atoms with Crippen LogP contribution in [0, 0.1) is 0 Å². The number of hydrogen-bond donors (Lipinski definition) is 1. The van der Waals surface area contributed by atoms with Crippen LogP contribution in [0.2, 0.25) is 0 Å². The highest BCUT2D eigenvalue weighted by atomic mass is 32.2. The molecule has 0 bridgehead atoms. The van der Waals surface area contributed by atoms with Crippen LogP contribution in [0.4, 0.5) is 5.69 Å². The van der Waals surface area contributed by atoms with Crippen molar-refractivity contribution in [1.82, 2.24) is 5.32 Å². The number of rotatable bonds is 7. The Balaban J connectivity index is 1.86. The normalized spacial score (nSPS) is 12.2. The molecule has 3 aromatic rings. The summed E-state index contributed by atoms with van der Waals surface area (Å²) in [4.78, 5) is 13.2. The molecule has 6 heteroatoms. The largest absolute Gasteiger partial charge is 0.345 e. The van der Waals surface area contributed by atoms with E-state index in [2.05, 4.69) is 12.2 Å². The van der Waals surface area contributed by atoms with Gasteiger partial charge >= 0.3 is 0 Å². The number of hydrogen-bond acceptors (Lipinski definition) is 3. The number of amides is 1. The van der Waals surface area contributed by atoms with Crippen LogP contribution < -0.4 is 9.62 Å². The first-order valence-corrected chi connectivity index (χ1v) is 11.3. The molecule has 0 saturated carbocycles. The van der Waals surface area contributed by atoms with Crippen molar-refractivity contribution >= 4 is 21.6 Å². The molecule has 156 valence electrons. The quantitative estimate of drug-likeness (QED) is 0.607.